The van der Waals surface area contributed by atoms with Crippen molar-refractivity contribution >= 4 is 16.7 Å². The van der Waals surface area contributed by atoms with Crippen molar-refractivity contribution in [2.75, 3.05) is 0 Å². The van der Waals surface area contributed by atoms with Gasteiger partial charge < -0.3 is 10.2 Å². The minimum atomic E-state index is -1.11. The second-order valence-electron chi connectivity index (χ2n) is 3.49. The van der Waals surface area contributed by atoms with Crippen LogP contribution < -0.4 is 0 Å². The predicted molar refractivity (Wildman–Crippen MR) is 57.3 cm³/mol. The zero-order valence-electron chi connectivity index (χ0n) is 8.19. The molecule has 2 aromatic carbocycles. The van der Waals surface area contributed by atoms with Crippen molar-refractivity contribution in [3.8, 4) is 5.75 Å². The molecule has 0 fully saturated rings. The molecule has 0 spiro atoms. The van der Waals surface area contributed by atoms with Crippen molar-refractivity contribution < 1.29 is 15.0 Å². The molecule has 0 aliphatic carbocycles. The Morgan fingerprint density at radius 3 is 2.53 bits per heavy atom. The summed E-state index contributed by atoms with van der Waals surface area (Å²) in [4.78, 5) is 10.8. The van der Waals surface area contributed by atoms with Gasteiger partial charge in [0, 0.05) is 5.39 Å². The highest BCUT2D eigenvalue weighted by Gasteiger charge is 2.11. The van der Waals surface area contributed by atoms with E-state index < -0.39 is 5.97 Å². The van der Waals surface area contributed by atoms with Crippen LogP contribution in [0.2, 0.25) is 0 Å². The van der Waals surface area contributed by atoms with E-state index >= 15 is 0 Å². The second kappa shape index (κ2) is 3.28. The molecule has 0 saturated carbocycles. The molecule has 15 heavy (non-hydrogen) atoms. The highest BCUT2D eigenvalue weighted by molar-refractivity contribution is 6.00. The first kappa shape index (κ1) is 9.52. The molecule has 3 heteroatoms. The smallest absolute Gasteiger partial charge is 0.339 e. The maximum absolute atomic E-state index is 10.8. The van der Waals surface area contributed by atoms with Crippen molar-refractivity contribution in [1.82, 2.24) is 0 Å². The van der Waals surface area contributed by atoms with Gasteiger partial charge in [-0.2, -0.15) is 0 Å². The summed E-state index contributed by atoms with van der Waals surface area (Å²) in [5.74, 6) is -1.28. The molecule has 0 amide bonds. The number of carboxylic acid groups (broad SMARTS) is 1. The summed E-state index contributed by atoms with van der Waals surface area (Å²) in [6.07, 6.45) is 0. The van der Waals surface area contributed by atoms with Crippen LogP contribution in [0.15, 0.2) is 30.3 Å². The van der Waals surface area contributed by atoms with Crippen LogP contribution in [-0.2, 0) is 0 Å². The van der Waals surface area contributed by atoms with Crippen molar-refractivity contribution in [1.29, 1.82) is 0 Å². The minimum Gasteiger partial charge on any atom is -0.506 e. The quantitative estimate of drug-likeness (QED) is 0.747. The molecule has 3 nitrogen and oxygen atoms in total. The van der Waals surface area contributed by atoms with E-state index in [1.54, 1.807) is 12.1 Å². The summed E-state index contributed by atoms with van der Waals surface area (Å²) in [6, 6.07) is 8.66. The van der Waals surface area contributed by atoms with E-state index in [0.29, 0.717) is 5.39 Å². The standard InChI is InChI=1S/C12H10O3/c1-7-2-3-8-4-5-9(12(14)15)11(13)10(8)6-7/h2-6,13H,1H3,(H,14,15). The molecule has 0 unspecified atom stereocenters. The van der Waals surface area contributed by atoms with E-state index in [4.69, 9.17) is 5.11 Å². The van der Waals surface area contributed by atoms with Gasteiger partial charge in [-0.15, -0.1) is 0 Å². The van der Waals surface area contributed by atoms with Crippen LogP contribution in [0.3, 0.4) is 0 Å². The predicted octanol–water partition coefficient (Wildman–Crippen LogP) is 2.55. The van der Waals surface area contributed by atoms with Gasteiger partial charge in [0.2, 0.25) is 0 Å². The maximum Gasteiger partial charge on any atom is 0.339 e. The second-order valence-corrected chi connectivity index (χ2v) is 3.49. The molecule has 0 saturated heterocycles. The van der Waals surface area contributed by atoms with Gasteiger partial charge in [0.15, 0.2) is 0 Å². The van der Waals surface area contributed by atoms with E-state index in [9.17, 15) is 9.90 Å². The molecule has 0 heterocycles. The largest absolute Gasteiger partial charge is 0.506 e. The Bertz CT molecular complexity index is 544. The third-order valence-corrected chi connectivity index (χ3v) is 2.38. The monoisotopic (exact) mass is 202 g/mol. The van der Waals surface area contributed by atoms with Crippen molar-refractivity contribution in [2.45, 2.75) is 6.92 Å². The van der Waals surface area contributed by atoms with Gasteiger partial charge in [-0.25, -0.2) is 4.79 Å². The Morgan fingerprint density at radius 2 is 1.87 bits per heavy atom. The zero-order chi connectivity index (χ0) is 11.0. The van der Waals surface area contributed by atoms with Gasteiger partial charge in [0.25, 0.3) is 0 Å². The molecule has 0 radical (unpaired) electrons. The Morgan fingerprint density at radius 1 is 1.20 bits per heavy atom. The lowest BCUT2D eigenvalue weighted by molar-refractivity contribution is 0.0694. The first-order valence-electron chi connectivity index (χ1n) is 4.55. The summed E-state index contributed by atoms with van der Waals surface area (Å²) in [5.41, 5.74) is 0.924. The zero-order valence-corrected chi connectivity index (χ0v) is 8.19. The van der Waals surface area contributed by atoms with Crippen molar-refractivity contribution in [3.63, 3.8) is 0 Å². The molecular formula is C12H10O3. The first-order chi connectivity index (χ1) is 7.09. The van der Waals surface area contributed by atoms with Gasteiger partial charge in [-0.1, -0.05) is 23.8 Å². The van der Waals surface area contributed by atoms with Gasteiger partial charge in [-0.05, 0) is 24.4 Å². The van der Waals surface area contributed by atoms with Crippen LogP contribution in [0.4, 0.5) is 0 Å². The topological polar surface area (TPSA) is 57.5 Å². The van der Waals surface area contributed by atoms with Gasteiger partial charge in [0.05, 0.1) is 0 Å². The van der Waals surface area contributed by atoms with Crippen LogP contribution in [0.25, 0.3) is 10.8 Å². The summed E-state index contributed by atoms with van der Waals surface area (Å²) >= 11 is 0. The summed E-state index contributed by atoms with van der Waals surface area (Å²) in [7, 11) is 0. The molecule has 2 rings (SSSR count). The van der Waals surface area contributed by atoms with Crippen LogP contribution >= 0.6 is 0 Å². The number of fused-ring (bicyclic) bond motifs is 1. The van der Waals surface area contributed by atoms with Crippen LogP contribution in [0.5, 0.6) is 5.75 Å². The number of phenols is 1. The van der Waals surface area contributed by atoms with E-state index in [1.165, 1.54) is 6.07 Å². The summed E-state index contributed by atoms with van der Waals surface area (Å²) in [5, 5.41) is 20.0. The number of rotatable bonds is 1. The van der Waals surface area contributed by atoms with Crippen molar-refractivity contribution in [3.05, 3.63) is 41.5 Å². The number of hydrogen-bond donors (Lipinski definition) is 2. The molecule has 0 bridgehead atoms. The number of aromatic hydroxyl groups is 1. The highest BCUT2D eigenvalue weighted by Crippen LogP contribution is 2.29. The fraction of sp³-hybridized carbons (Fsp3) is 0.0833. The molecule has 0 aliphatic rings. The lowest BCUT2D eigenvalue weighted by Crippen LogP contribution is -1.96. The van der Waals surface area contributed by atoms with E-state index in [0.717, 1.165) is 10.9 Å². The van der Waals surface area contributed by atoms with E-state index in [-0.39, 0.29) is 11.3 Å². The lowest BCUT2D eigenvalue weighted by Gasteiger charge is -2.05. The normalized spacial score (nSPS) is 10.5. The Labute approximate surface area is 86.6 Å². The number of benzene rings is 2. The van der Waals surface area contributed by atoms with Crippen LogP contribution in [0, 0.1) is 6.92 Å². The third-order valence-electron chi connectivity index (χ3n) is 2.38. The Balaban J connectivity index is 2.82. The first-order valence-corrected chi connectivity index (χ1v) is 4.55. The third kappa shape index (κ3) is 1.52. The summed E-state index contributed by atoms with van der Waals surface area (Å²) < 4.78 is 0. The molecular weight excluding hydrogens is 192 g/mol. The lowest BCUT2D eigenvalue weighted by atomic mass is 10.0. The minimum absolute atomic E-state index is 0.0619. The van der Waals surface area contributed by atoms with Gasteiger partial charge in [0.1, 0.15) is 11.3 Å². The average Bonchev–Trinajstić information content (AvgIpc) is 2.19. The molecule has 0 aliphatic heterocycles. The molecule has 0 aromatic heterocycles. The highest BCUT2D eigenvalue weighted by atomic mass is 16.4. The van der Waals surface area contributed by atoms with E-state index in [1.807, 2.05) is 19.1 Å². The molecule has 76 valence electrons. The van der Waals surface area contributed by atoms with Crippen LogP contribution in [0.1, 0.15) is 15.9 Å². The number of aromatic carboxylic acids is 1. The van der Waals surface area contributed by atoms with Crippen LogP contribution in [-0.4, -0.2) is 16.2 Å². The van der Waals surface area contributed by atoms with E-state index in [2.05, 4.69) is 0 Å². The number of aryl methyl sites for hydroxylation is 1. The molecule has 0 atom stereocenters. The maximum atomic E-state index is 10.8. The number of hydrogen-bond acceptors (Lipinski definition) is 2. The fourth-order valence-corrected chi connectivity index (χ4v) is 1.59. The number of carbonyl (C=O) groups is 1. The van der Waals surface area contributed by atoms with Crippen molar-refractivity contribution in [2.24, 2.45) is 0 Å². The summed E-state index contributed by atoms with van der Waals surface area (Å²) in [6.45, 7) is 1.90. The molecule has 2 aromatic rings. The Kier molecular flexibility index (Phi) is 2.08. The SMILES string of the molecule is Cc1ccc2ccc(C(=O)O)c(O)c2c1. The Hall–Kier alpha value is -2.03. The average molecular weight is 202 g/mol. The number of carboxylic acids is 1. The fourth-order valence-electron chi connectivity index (χ4n) is 1.59. The van der Waals surface area contributed by atoms with Gasteiger partial charge in [-0.3, -0.25) is 0 Å². The molecule has 2 N–H and O–H groups in total. The van der Waals surface area contributed by atoms with Gasteiger partial charge >= 0.3 is 5.97 Å².